The van der Waals surface area contributed by atoms with Gasteiger partial charge in [0.1, 0.15) is 0 Å². The number of amides is 1. The van der Waals surface area contributed by atoms with Crippen LogP contribution in [-0.4, -0.2) is 50.1 Å². The maximum atomic E-state index is 12.1. The predicted molar refractivity (Wildman–Crippen MR) is 95.8 cm³/mol. The number of likely N-dealkylation sites (tertiary alicyclic amines) is 1. The first-order valence-corrected chi connectivity index (χ1v) is 9.73. The number of rotatable bonds is 4. The fourth-order valence-electron chi connectivity index (χ4n) is 3.76. The van der Waals surface area contributed by atoms with Gasteiger partial charge in [0.25, 0.3) is 0 Å². The minimum atomic E-state index is -0.320. The zero-order valence-electron chi connectivity index (χ0n) is 15.9. The molecule has 1 aromatic heterocycles. The van der Waals surface area contributed by atoms with Gasteiger partial charge in [-0.05, 0) is 36.1 Å². The second-order valence-corrected chi connectivity index (χ2v) is 8.61. The molecule has 0 bridgehead atoms. The quantitative estimate of drug-likeness (QED) is 0.903. The molecule has 1 aliphatic heterocycles. The maximum Gasteiger partial charge on any atom is 0.225 e. The van der Waals surface area contributed by atoms with E-state index in [1.807, 2.05) is 20.8 Å². The van der Waals surface area contributed by atoms with E-state index in [0.717, 1.165) is 38.3 Å². The SMILES string of the molecule is CC(C)(C)C(=O)NC1CCN(Cc2nnnn2C2CCCCC2)CC1. The number of tetrazole rings is 1. The summed E-state index contributed by atoms with van der Waals surface area (Å²) in [6.07, 6.45) is 8.27. The van der Waals surface area contributed by atoms with E-state index in [4.69, 9.17) is 0 Å². The van der Waals surface area contributed by atoms with Gasteiger partial charge in [0.2, 0.25) is 5.91 Å². The molecule has 2 fully saturated rings. The van der Waals surface area contributed by atoms with Gasteiger partial charge in [-0.15, -0.1) is 5.10 Å². The second-order valence-electron chi connectivity index (χ2n) is 8.61. The van der Waals surface area contributed by atoms with Gasteiger partial charge >= 0.3 is 0 Å². The summed E-state index contributed by atoms with van der Waals surface area (Å²) >= 11 is 0. The fraction of sp³-hybridized carbons (Fsp3) is 0.889. The first-order valence-electron chi connectivity index (χ1n) is 9.73. The maximum absolute atomic E-state index is 12.1. The van der Waals surface area contributed by atoms with Gasteiger partial charge in [-0.1, -0.05) is 40.0 Å². The minimum Gasteiger partial charge on any atom is -0.353 e. The molecule has 140 valence electrons. The Hall–Kier alpha value is -1.50. The van der Waals surface area contributed by atoms with Crippen LogP contribution in [0.15, 0.2) is 0 Å². The van der Waals surface area contributed by atoms with E-state index in [9.17, 15) is 4.79 Å². The van der Waals surface area contributed by atoms with Crippen LogP contribution < -0.4 is 5.32 Å². The number of nitrogens with one attached hydrogen (secondary N) is 1. The van der Waals surface area contributed by atoms with Crippen molar-refractivity contribution in [2.45, 2.75) is 84.3 Å². The lowest BCUT2D eigenvalue weighted by Crippen LogP contribution is -2.47. The molecule has 25 heavy (non-hydrogen) atoms. The Morgan fingerprint density at radius 2 is 1.80 bits per heavy atom. The van der Waals surface area contributed by atoms with Gasteiger partial charge in [0, 0.05) is 24.5 Å². The van der Waals surface area contributed by atoms with E-state index in [2.05, 4.69) is 30.4 Å². The third-order valence-electron chi connectivity index (χ3n) is 5.45. The number of piperidine rings is 1. The zero-order valence-corrected chi connectivity index (χ0v) is 15.9. The normalized spacial score (nSPS) is 21.4. The zero-order chi connectivity index (χ0) is 17.9. The monoisotopic (exact) mass is 348 g/mol. The molecular formula is C18H32N6O. The van der Waals surface area contributed by atoms with Crippen LogP contribution in [0.1, 0.15) is 77.6 Å². The van der Waals surface area contributed by atoms with Gasteiger partial charge in [0.05, 0.1) is 12.6 Å². The predicted octanol–water partition coefficient (Wildman–Crippen LogP) is 2.30. The summed E-state index contributed by atoms with van der Waals surface area (Å²) < 4.78 is 2.06. The van der Waals surface area contributed by atoms with E-state index in [1.165, 1.54) is 32.1 Å². The van der Waals surface area contributed by atoms with Crippen LogP contribution in [-0.2, 0) is 11.3 Å². The molecule has 1 N–H and O–H groups in total. The lowest BCUT2D eigenvalue weighted by atomic mass is 9.94. The van der Waals surface area contributed by atoms with Crippen molar-refractivity contribution >= 4 is 5.91 Å². The van der Waals surface area contributed by atoms with Crippen molar-refractivity contribution in [3.63, 3.8) is 0 Å². The van der Waals surface area contributed by atoms with E-state index in [1.54, 1.807) is 0 Å². The van der Waals surface area contributed by atoms with Gasteiger partial charge in [-0.25, -0.2) is 4.68 Å². The minimum absolute atomic E-state index is 0.146. The Balaban J connectivity index is 1.50. The first-order chi connectivity index (χ1) is 11.9. The largest absolute Gasteiger partial charge is 0.353 e. The summed E-state index contributed by atoms with van der Waals surface area (Å²) in [7, 11) is 0. The number of nitrogens with zero attached hydrogens (tertiary/aromatic N) is 5. The van der Waals surface area contributed by atoms with Gasteiger partial charge in [0.15, 0.2) is 5.82 Å². The Bertz CT molecular complexity index is 564. The van der Waals surface area contributed by atoms with Crippen LogP contribution in [0.2, 0.25) is 0 Å². The number of carbonyl (C=O) groups excluding carboxylic acids is 1. The number of hydrogen-bond donors (Lipinski definition) is 1. The molecule has 1 aliphatic carbocycles. The first kappa shape index (κ1) is 18.3. The molecule has 0 radical (unpaired) electrons. The Labute approximate surface area is 150 Å². The summed E-state index contributed by atoms with van der Waals surface area (Å²) in [4.78, 5) is 14.5. The molecular weight excluding hydrogens is 316 g/mol. The molecule has 0 aromatic carbocycles. The smallest absolute Gasteiger partial charge is 0.225 e. The van der Waals surface area contributed by atoms with Crippen molar-refractivity contribution in [2.24, 2.45) is 5.41 Å². The number of carbonyl (C=O) groups is 1. The van der Waals surface area contributed by atoms with Crippen LogP contribution >= 0.6 is 0 Å². The molecule has 1 saturated heterocycles. The average Bonchev–Trinajstić information content (AvgIpc) is 3.04. The van der Waals surface area contributed by atoms with Crippen LogP contribution in [0.25, 0.3) is 0 Å². The topological polar surface area (TPSA) is 75.9 Å². The molecule has 2 heterocycles. The Kier molecular flexibility index (Phi) is 5.71. The highest BCUT2D eigenvalue weighted by atomic mass is 16.2. The molecule has 7 heteroatoms. The molecule has 3 rings (SSSR count). The Morgan fingerprint density at radius 3 is 2.44 bits per heavy atom. The molecule has 1 amide bonds. The van der Waals surface area contributed by atoms with Crippen molar-refractivity contribution < 1.29 is 4.79 Å². The standard InChI is InChI=1S/C18H32N6O/c1-18(2,3)17(25)19-14-9-11-23(12-10-14)13-16-20-21-22-24(16)15-7-5-4-6-8-15/h14-15H,4-13H2,1-3H3,(H,19,25). The van der Waals surface area contributed by atoms with E-state index >= 15 is 0 Å². The summed E-state index contributed by atoms with van der Waals surface area (Å²) in [6, 6.07) is 0.764. The lowest BCUT2D eigenvalue weighted by Gasteiger charge is -2.33. The average molecular weight is 348 g/mol. The summed E-state index contributed by atoms with van der Waals surface area (Å²) in [6.45, 7) is 8.65. The van der Waals surface area contributed by atoms with Crippen molar-refractivity contribution in [3.8, 4) is 0 Å². The van der Waals surface area contributed by atoms with Crippen molar-refractivity contribution in [2.75, 3.05) is 13.1 Å². The molecule has 7 nitrogen and oxygen atoms in total. The van der Waals surface area contributed by atoms with Gasteiger partial charge in [-0.2, -0.15) is 0 Å². The molecule has 0 atom stereocenters. The van der Waals surface area contributed by atoms with E-state index in [-0.39, 0.29) is 17.4 Å². The summed E-state index contributed by atoms with van der Waals surface area (Å²) in [5, 5.41) is 15.6. The molecule has 2 aliphatic rings. The lowest BCUT2D eigenvalue weighted by molar-refractivity contribution is -0.129. The van der Waals surface area contributed by atoms with Gasteiger partial charge in [-0.3, -0.25) is 9.69 Å². The molecule has 1 aromatic rings. The highest BCUT2D eigenvalue weighted by molar-refractivity contribution is 5.81. The van der Waals surface area contributed by atoms with Crippen molar-refractivity contribution in [3.05, 3.63) is 5.82 Å². The summed E-state index contributed by atoms with van der Waals surface area (Å²) in [5.74, 6) is 1.14. The highest BCUT2D eigenvalue weighted by Crippen LogP contribution is 2.28. The van der Waals surface area contributed by atoms with Crippen molar-refractivity contribution in [1.82, 2.24) is 30.4 Å². The summed E-state index contributed by atoms with van der Waals surface area (Å²) in [5.41, 5.74) is -0.320. The van der Waals surface area contributed by atoms with Crippen LogP contribution in [0.5, 0.6) is 0 Å². The Morgan fingerprint density at radius 1 is 1.12 bits per heavy atom. The number of hydrogen-bond acceptors (Lipinski definition) is 5. The van der Waals surface area contributed by atoms with Crippen LogP contribution in [0, 0.1) is 5.41 Å². The third kappa shape index (κ3) is 4.77. The second kappa shape index (κ2) is 7.81. The van der Waals surface area contributed by atoms with E-state index in [0.29, 0.717) is 6.04 Å². The highest BCUT2D eigenvalue weighted by Gasteiger charge is 2.27. The fourth-order valence-corrected chi connectivity index (χ4v) is 3.76. The molecule has 0 unspecified atom stereocenters. The number of aromatic nitrogens is 4. The van der Waals surface area contributed by atoms with Gasteiger partial charge < -0.3 is 5.32 Å². The van der Waals surface area contributed by atoms with Crippen LogP contribution in [0.4, 0.5) is 0 Å². The molecule has 1 saturated carbocycles. The molecule has 0 spiro atoms. The van der Waals surface area contributed by atoms with Crippen molar-refractivity contribution in [1.29, 1.82) is 0 Å². The third-order valence-corrected chi connectivity index (χ3v) is 5.45. The van der Waals surface area contributed by atoms with Crippen LogP contribution in [0.3, 0.4) is 0 Å². The van der Waals surface area contributed by atoms with E-state index < -0.39 is 0 Å².